The largest absolute Gasteiger partial charge is 0.573 e. The van der Waals surface area contributed by atoms with E-state index >= 15 is 0 Å². The molecule has 0 saturated heterocycles. The van der Waals surface area contributed by atoms with Crippen molar-refractivity contribution in [3.05, 3.63) is 107 Å². The van der Waals surface area contributed by atoms with Crippen molar-refractivity contribution in [1.82, 2.24) is 5.32 Å². The first-order chi connectivity index (χ1) is 18.9. The van der Waals surface area contributed by atoms with Crippen molar-refractivity contribution in [2.75, 3.05) is 0 Å². The Morgan fingerprint density at radius 1 is 0.875 bits per heavy atom. The summed E-state index contributed by atoms with van der Waals surface area (Å²) in [5, 5.41) is 22.2. The molecule has 0 bridgehead atoms. The number of amides is 1. The van der Waals surface area contributed by atoms with Crippen LogP contribution in [0.2, 0.25) is 5.02 Å². The fraction of sp³-hybridized carbons (Fsp3) is 0.103. The number of carboxylic acid groups (broad SMARTS) is 1. The Morgan fingerprint density at radius 3 is 2.15 bits per heavy atom. The van der Waals surface area contributed by atoms with E-state index in [9.17, 15) is 37.4 Å². The number of ether oxygens (including phenoxy) is 1. The summed E-state index contributed by atoms with van der Waals surface area (Å²) in [6.07, 6.45) is -5.33. The van der Waals surface area contributed by atoms with Gasteiger partial charge in [0.1, 0.15) is 17.3 Å². The molecule has 0 fully saturated rings. The molecule has 0 heterocycles. The van der Waals surface area contributed by atoms with Gasteiger partial charge in [0.2, 0.25) is 0 Å². The quantitative estimate of drug-likeness (QED) is 0.191. The molecule has 4 rings (SSSR count). The van der Waals surface area contributed by atoms with E-state index in [2.05, 4.69) is 10.1 Å². The predicted octanol–water partition coefficient (Wildman–Crippen LogP) is 7.36. The van der Waals surface area contributed by atoms with Crippen LogP contribution in [0.5, 0.6) is 11.5 Å². The van der Waals surface area contributed by atoms with Crippen molar-refractivity contribution in [3.8, 4) is 33.8 Å². The van der Waals surface area contributed by atoms with Crippen LogP contribution in [0.3, 0.4) is 0 Å². The summed E-state index contributed by atoms with van der Waals surface area (Å²) < 4.78 is 55.2. The van der Waals surface area contributed by atoms with Crippen LogP contribution in [0, 0.1) is 5.82 Å². The first kappa shape index (κ1) is 28.4. The zero-order chi connectivity index (χ0) is 29.0. The summed E-state index contributed by atoms with van der Waals surface area (Å²) in [5.74, 6) is -3.34. The smallest absolute Gasteiger partial charge is 0.507 e. The number of hydrogen-bond acceptors (Lipinski definition) is 4. The van der Waals surface area contributed by atoms with Gasteiger partial charge in [-0.05, 0) is 64.2 Å². The van der Waals surface area contributed by atoms with Crippen LogP contribution in [-0.2, 0) is 4.79 Å². The molecule has 0 radical (unpaired) electrons. The van der Waals surface area contributed by atoms with Crippen molar-refractivity contribution < 1.29 is 42.1 Å². The number of aromatic hydroxyl groups is 1. The second-order valence-corrected chi connectivity index (χ2v) is 9.09. The summed E-state index contributed by atoms with van der Waals surface area (Å²) >= 11 is 5.86. The van der Waals surface area contributed by atoms with Gasteiger partial charge in [0.05, 0.1) is 23.0 Å². The maximum atomic E-state index is 13.6. The maximum Gasteiger partial charge on any atom is 0.573 e. The molecular weight excluding hydrogens is 554 g/mol. The van der Waals surface area contributed by atoms with E-state index in [1.165, 1.54) is 60.7 Å². The van der Waals surface area contributed by atoms with Crippen LogP contribution in [0.4, 0.5) is 17.6 Å². The van der Waals surface area contributed by atoms with E-state index in [1.54, 1.807) is 18.2 Å². The molecule has 4 aromatic rings. The molecule has 1 unspecified atom stereocenters. The van der Waals surface area contributed by atoms with Gasteiger partial charge in [0.25, 0.3) is 5.91 Å². The standard InChI is InChI=1S/C29H20ClF4NO5/c30-23-14-20(8-10-24(23)31)19-9-11-26(36)22(13-19)28(39)35-25(15-27(37)38)17-6-4-16(5-7-17)18-2-1-3-21(12-18)40-29(32,33)34/h1-14,25,36H,15H2,(H,35,39)(H,37,38). The minimum absolute atomic E-state index is 0.124. The number of aliphatic carboxylic acids is 1. The maximum absolute atomic E-state index is 13.6. The number of carboxylic acids is 1. The molecule has 3 N–H and O–H groups in total. The third-order valence-corrected chi connectivity index (χ3v) is 6.18. The SMILES string of the molecule is O=C(O)CC(NC(=O)c1cc(-c2ccc(F)c(Cl)c2)ccc1O)c1ccc(-c2cccc(OC(F)(F)F)c2)cc1. The van der Waals surface area contributed by atoms with Gasteiger partial charge in [0.15, 0.2) is 0 Å². The molecule has 206 valence electrons. The Bertz CT molecular complexity index is 1560. The highest BCUT2D eigenvalue weighted by Gasteiger charge is 2.31. The summed E-state index contributed by atoms with van der Waals surface area (Å²) in [7, 11) is 0. The number of alkyl halides is 3. The highest BCUT2D eigenvalue weighted by molar-refractivity contribution is 6.31. The van der Waals surface area contributed by atoms with Crippen LogP contribution >= 0.6 is 11.6 Å². The third kappa shape index (κ3) is 7.09. The van der Waals surface area contributed by atoms with Crippen LogP contribution < -0.4 is 10.1 Å². The van der Waals surface area contributed by atoms with Crippen LogP contribution in [0.25, 0.3) is 22.3 Å². The molecule has 0 aliphatic rings. The molecule has 0 spiro atoms. The topological polar surface area (TPSA) is 95.9 Å². The van der Waals surface area contributed by atoms with Gasteiger partial charge in [-0.15, -0.1) is 13.2 Å². The lowest BCUT2D eigenvalue weighted by Gasteiger charge is -2.19. The van der Waals surface area contributed by atoms with Gasteiger partial charge in [-0.2, -0.15) is 0 Å². The summed E-state index contributed by atoms with van der Waals surface area (Å²) in [4.78, 5) is 24.7. The second kappa shape index (κ2) is 11.7. The number of halogens is 5. The molecule has 0 aliphatic carbocycles. The molecule has 0 aromatic heterocycles. The number of phenols is 1. The molecule has 1 amide bonds. The van der Waals surface area contributed by atoms with Gasteiger partial charge in [-0.1, -0.05) is 60.1 Å². The van der Waals surface area contributed by atoms with Crippen LogP contribution in [-0.4, -0.2) is 28.5 Å². The average Bonchev–Trinajstić information content (AvgIpc) is 2.89. The molecule has 4 aromatic carbocycles. The lowest BCUT2D eigenvalue weighted by atomic mass is 9.98. The highest BCUT2D eigenvalue weighted by Crippen LogP contribution is 2.31. The van der Waals surface area contributed by atoms with Gasteiger partial charge < -0.3 is 20.3 Å². The number of hydrogen-bond donors (Lipinski definition) is 3. The Kier molecular flexibility index (Phi) is 8.29. The Hall–Kier alpha value is -4.57. The number of carbonyl (C=O) groups excluding carboxylic acids is 1. The summed E-state index contributed by atoms with van der Waals surface area (Å²) in [6.45, 7) is 0. The fourth-order valence-electron chi connectivity index (χ4n) is 4.02. The molecule has 1 atom stereocenters. The normalized spacial score (nSPS) is 12.0. The van der Waals surface area contributed by atoms with E-state index < -0.39 is 42.3 Å². The van der Waals surface area contributed by atoms with Crippen molar-refractivity contribution >= 4 is 23.5 Å². The van der Waals surface area contributed by atoms with Crippen molar-refractivity contribution in [2.24, 2.45) is 0 Å². The minimum atomic E-state index is -4.84. The average molecular weight is 574 g/mol. The van der Waals surface area contributed by atoms with Gasteiger partial charge in [-0.25, -0.2) is 4.39 Å². The van der Waals surface area contributed by atoms with Gasteiger partial charge in [-0.3, -0.25) is 9.59 Å². The van der Waals surface area contributed by atoms with E-state index in [0.717, 1.165) is 6.07 Å². The monoisotopic (exact) mass is 573 g/mol. The first-order valence-electron chi connectivity index (χ1n) is 11.7. The van der Waals surface area contributed by atoms with Crippen molar-refractivity contribution in [3.63, 3.8) is 0 Å². The Morgan fingerprint density at radius 2 is 1.50 bits per heavy atom. The lowest BCUT2D eigenvalue weighted by Crippen LogP contribution is -2.30. The van der Waals surface area contributed by atoms with E-state index in [4.69, 9.17) is 11.6 Å². The number of rotatable bonds is 8. The molecule has 40 heavy (non-hydrogen) atoms. The van der Waals surface area contributed by atoms with E-state index in [0.29, 0.717) is 27.8 Å². The fourth-order valence-corrected chi connectivity index (χ4v) is 4.20. The molecule has 0 saturated carbocycles. The number of benzene rings is 4. The molecule has 11 heteroatoms. The third-order valence-electron chi connectivity index (χ3n) is 5.89. The Labute approximate surface area is 230 Å². The predicted molar refractivity (Wildman–Crippen MR) is 140 cm³/mol. The van der Waals surface area contributed by atoms with Crippen LogP contribution in [0.15, 0.2) is 84.9 Å². The number of phenolic OH excluding ortho intramolecular Hbond substituents is 1. The summed E-state index contributed by atoms with van der Waals surface area (Å²) in [6, 6.07) is 18.7. The zero-order valence-corrected chi connectivity index (χ0v) is 21.1. The van der Waals surface area contributed by atoms with Gasteiger partial charge >= 0.3 is 12.3 Å². The minimum Gasteiger partial charge on any atom is -0.507 e. The highest BCUT2D eigenvalue weighted by atomic mass is 35.5. The molecule has 0 aliphatic heterocycles. The molecular formula is C29H20ClF4NO5. The van der Waals surface area contributed by atoms with Crippen LogP contribution in [0.1, 0.15) is 28.4 Å². The Balaban J connectivity index is 1.58. The van der Waals surface area contributed by atoms with Gasteiger partial charge in [0, 0.05) is 0 Å². The molecule has 6 nitrogen and oxygen atoms in total. The van der Waals surface area contributed by atoms with Crippen molar-refractivity contribution in [1.29, 1.82) is 0 Å². The lowest BCUT2D eigenvalue weighted by molar-refractivity contribution is -0.274. The number of nitrogens with one attached hydrogen (secondary N) is 1. The first-order valence-corrected chi connectivity index (χ1v) is 12.0. The van der Waals surface area contributed by atoms with E-state index in [1.807, 2.05) is 0 Å². The van der Waals surface area contributed by atoms with Crippen molar-refractivity contribution in [2.45, 2.75) is 18.8 Å². The zero-order valence-electron chi connectivity index (χ0n) is 20.4. The second-order valence-electron chi connectivity index (χ2n) is 8.68. The summed E-state index contributed by atoms with van der Waals surface area (Å²) in [5.41, 5.74) is 2.16. The van der Waals surface area contributed by atoms with E-state index in [-0.39, 0.29) is 16.3 Å². The number of carbonyl (C=O) groups is 2.